The molecule has 0 atom stereocenters. The molecule has 0 fully saturated rings. The average molecular weight is 331 g/mol. The first-order chi connectivity index (χ1) is 10.6. The third-order valence-electron chi connectivity index (χ3n) is 3.15. The monoisotopic (exact) mass is 331 g/mol. The van der Waals surface area contributed by atoms with Crippen LogP contribution in [0.2, 0.25) is 0 Å². The summed E-state index contributed by atoms with van der Waals surface area (Å²) in [4.78, 5) is 11.4. The van der Waals surface area contributed by atoms with Crippen LogP contribution < -0.4 is 10.2 Å². The van der Waals surface area contributed by atoms with E-state index in [0.717, 1.165) is 12.1 Å². The Balaban J connectivity index is 2.32. The number of alkyl halides is 3. The van der Waals surface area contributed by atoms with Crippen molar-refractivity contribution in [3.05, 3.63) is 41.4 Å². The molecule has 0 unspecified atom stereocenters. The number of carbonyl (C=O) groups is 1. The van der Waals surface area contributed by atoms with Crippen molar-refractivity contribution in [2.24, 2.45) is 0 Å². The summed E-state index contributed by atoms with van der Waals surface area (Å²) in [6, 6.07) is 4.14. The highest BCUT2D eigenvalue weighted by molar-refractivity contribution is 5.86. The minimum absolute atomic E-state index is 0.100. The van der Waals surface area contributed by atoms with E-state index in [0.29, 0.717) is 0 Å². The summed E-state index contributed by atoms with van der Waals surface area (Å²) in [7, 11) is 1.51. The SMILES string of the molecule is CC(C)N1NC(Oc2cccc(C(F)(F)F)c2)=C(C(=O)O)N1C. The lowest BCUT2D eigenvalue weighted by molar-refractivity contribution is -0.138. The molecule has 1 heterocycles. The highest BCUT2D eigenvalue weighted by atomic mass is 19.4. The van der Waals surface area contributed by atoms with Crippen molar-refractivity contribution in [2.45, 2.75) is 26.1 Å². The smallest absolute Gasteiger partial charge is 0.416 e. The third-order valence-corrected chi connectivity index (χ3v) is 3.15. The Morgan fingerprint density at radius 3 is 2.52 bits per heavy atom. The van der Waals surface area contributed by atoms with Crippen molar-refractivity contribution < 1.29 is 27.8 Å². The molecule has 1 aliphatic rings. The van der Waals surface area contributed by atoms with Crippen LogP contribution in [0.25, 0.3) is 0 Å². The summed E-state index contributed by atoms with van der Waals surface area (Å²) >= 11 is 0. The number of likely N-dealkylation sites (N-methyl/N-ethyl adjacent to an activating group) is 1. The summed E-state index contributed by atoms with van der Waals surface area (Å²) in [5.74, 6) is -1.52. The Morgan fingerprint density at radius 1 is 1.35 bits per heavy atom. The van der Waals surface area contributed by atoms with Crippen molar-refractivity contribution in [3.8, 4) is 5.75 Å². The summed E-state index contributed by atoms with van der Waals surface area (Å²) < 4.78 is 43.5. The molecule has 126 valence electrons. The van der Waals surface area contributed by atoms with E-state index in [1.165, 1.54) is 29.3 Å². The molecule has 6 nitrogen and oxygen atoms in total. The lowest BCUT2D eigenvalue weighted by Gasteiger charge is -2.29. The Hall–Kier alpha value is -2.42. The van der Waals surface area contributed by atoms with Gasteiger partial charge in [0.05, 0.1) is 5.56 Å². The van der Waals surface area contributed by atoms with Crippen LogP contribution in [0.3, 0.4) is 0 Å². The largest absolute Gasteiger partial charge is 0.476 e. The highest BCUT2D eigenvalue weighted by Gasteiger charge is 2.35. The zero-order valence-corrected chi connectivity index (χ0v) is 12.7. The number of carboxylic acid groups (broad SMARTS) is 1. The predicted molar refractivity (Wildman–Crippen MR) is 74.6 cm³/mol. The number of hydrogen-bond acceptors (Lipinski definition) is 5. The van der Waals surface area contributed by atoms with E-state index in [4.69, 9.17) is 4.74 Å². The second kappa shape index (κ2) is 5.99. The Labute approximate surface area is 130 Å². The molecule has 1 aliphatic heterocycles. The van der Waals surface area contributed by atoms with Gasteiger partial charge in [0.2, 0.25) is 11.6 Å². The molecule has 2 N–H and O–H groups in total. The van der Waals surface area contributed by atoms with Crippen LogP contribution in [0.4, 0.5) is 13.2 Å². The first kappa shape index (κ1) is 16.9. The molecule has 1 aromatic rings. The van der Waals surface area contributed by atoms with Crippen LogP contribution in [0.5, 0.6) is 5.75 Å². The lowest BCUT2D eigenvalue weighted by Crippen LogP contribution is -2.46. The van der Waals surface area contributed by atoms with Gasteiger partial charge in [-0.15, -0.1) is 5.12 Å². The fraction of sp³-hybridized carbons (Fsp3) is 0.357. The normalized spacial score (nSPS) is 16.0. The third kappa shape index (κ3) is 3.50. The molecule has 9 heteroatoms. The molecular formula is C14H16F3N3O3. The van der Waals surface area contributed by atoms with Crippen LogP contribution in [-0.2, 0) is 11.0 Å². The summed E-state index contributed by atoms with van der Waals surface area (Å²) in [5.41, 5.74) is 1.66. The van der Waals surface area contributed by atoms with Crippen molar-refractivity contribution in [1.82, 2.24) is 15.6 Å². The van der Waals surface area contributed by atoms with Crippen molar-refractivity contribution in [1.29, 1.82) is 0 Å². The molecule has 0 amide bonds. The van der Waals surface area contributed by atoms with E-state index in [2.05, 4.69) is 5.43 Å². The quantitative estimate of drug-likeness (QED) is 0.883. The van der Waals surface area contributed by atoms with Gasteiger partial charge in [0.25, 0.3) is 0 Å². The minimum Gasteiger partial charge on any atom is -0.476 e. The number of carboxylic acids is 1. The fourth-order valence-electron chi connectivity index (χ4n) is 2.12. The molecule has 0 saturated heterocycles. The maximum absolute atomic E-state index is 12.7. The number of hydrogen-bond donors (Lipinski definition) is 2. The number of benzene rings is 1. The topological polar surface area (TPSA) is 65.0 Å². The standard InChI is InChI=1S/C14H16F3N3O3/c1-8(2)20-18-12(11(13(21)22)19(20)3)23-10-6-4-5-9(7-10)14(15,16)17/h4-8,18H,1-3H3,(H,21,22). The number of ether oxygens (including phenoxy) is 1. The second-order valence-corrected chi connectivity index (χ2v) is 5.18. The van der Waals surface area contributed by atoms with Gasteiger partial charge in [-0.1, -0.05) is 6.07 Å². The lowest BCUT2D eigenvalue weighted by atomic mass is 10.2. The molecule has 0 aliphatic carbocycles. The Morgan fingerprint density at radius 2 is 2.00 bits per heavy atom. The van der Waals surface area contributed by atoms with Gasteiger partial charge in [-0.25, -0.2) is 4.79 Å². The minimum atomic E-state index is -4.51. The van der Waals surface area contributed by atoms with Crippen molar-refractivity contribution >= 4 is 5.97 Å². The molecule has 0 radical (unpaired) electrons. The zero-order chi connectivity index (χ0) is 17.4. The highest BCUT2D eigenvalue weighted by Crippen LogP contribution is 2.32. The van der Waals surface area contributed by atoms with Crippen LogP contribution in [0.15, 0.2) is 35.8 Å². The number of nitrogens with one attached hydrogen (secondary N) is 1. The van der Waals surface area contributed by atoms with Gasteiger partial charge in [-0.2, -0.15) is 13.2 Å². The van der Waals surface area contributed by atoms with Crippen LogP contribution in [0.1, 0.15) is 19.4 Å². The van der Waals surface area contributed by atoms with Gasteiger partial charge in [0, 0.05) is 13.1 Å². The molecule has 23 heavy (non-hydrogen) atoms. The summed E-state index contributed by atoms with van der Waals surface area (Å²) in [5, 5.41) is 12.1. The van der Waals surface area contributed by atoms with Gasteiger partial charge in [0.15, 0.2) is 0 Å². The number of halogens is 3. The second-order valence-electron chi connectivity index (χ2n) is 5.18. The number of nitrogens with zero attached hydrogens (tertiary/aromatic N) is 2. The zero-order valence-electron chi connectivity index (χ0n) is 12.7. The first-order valence-corrected chi connectivity index (χ1v) is 6.73. The molecule has 0 bridgehead atoms. The Kier molecular flexibility index (Phi) is 4.42. The molecule has 0 saturated carbocycles. The Bertz CT molecular complexity index is 644. The maximum atomic E-state index is 12.7. The van der Waals surface area contributed by atoms with Gasteiger partial charge >= 0.3 is 12.1 Å². The van der Waals surface area contributed by atoms with E-state index in [1.54, 1.807) is 0 Å². The first-order valence-electron chi connectivity index (χ1n) is 6.73. The maximum Gasteiger partial charge on any atom is 0.416 e. The number of rotatable bonds is 4. The number of aliphatic carboxylic acids is 1. The van der Waals surface area contributed by atoms with E-state index < -0.39 is 17.7 Å². The predicted octanol–water partition coefficient (Wildman–Crippen LogP) is 2.41. The van der Waals surface area contributed by atoms with Gasteiger partial charge in [-0.3, -0.25) is 10.4 Å². The van der Waals surface area contributed by atoms with Gasteiger partial charge < -0.3 is 9.84 Å². The van der Waals surface area contributed by atoms with Crippen LogP contribution in [0, 0.1) is 0 Å². The van der Waals surface area contributed by atoms with Crippen molar-refractivity contribution in [3.63, 3.8) is 0 Å². The number of hydrazine groups is 2. The van der Waals surface area contributed by atoms with Crippen LogP contribution in [-0.4, -0.2) is 34.3 Å². The molecular weight excluding hydrogens is 315 g/mol. The van der Waals surface area contributed by atoms with E-state index >= 15 is 0 Å². The van der Waals surface area contributed by atoms with Crippen LogP contribution >= 0.6 is 0 Å². The van der Waals surface area contributed by atoms with Gasteiger partial charge in [0.1, 0.15) is 5.75 Å². The van der Waals surface area contributed by atoms with Gasteiger partial charge in [-0.05, 0) is 32.0 Å². The van der Waals surface area contributed by atoms with Crippen molar-refractivity contribution in [2.75, 3.05) is 7.05 Å². The molecule has 2 rings (SSSR count). The molecule has 1 aromatic carbocycles. The summed E-state index contributed by atoms with van der Waals surface area (Å²) in [6.07, 6.45) is -4.51. The van der Waals surface area contributed by atoms with E-state index in [1.807, 2.05) is 13.8 Å². The van der Waals surface area contributed by atoms with E-state index in [9.17, 15) is 23.1 Å². The van der Waals surface area contributed by atoms with E-state index in [-0.39, 0.29) is 23.4 Å². The fourth-order valence-corrected chi connectivity index (χ4v) is 2.12. The molecule has 0 spiro atoms. The molecule has 0 aromatic heterocycles. The average Bonchev–Trinajstić information content (AvgIpc) is 2.75. The summed E-state index contributed by atoms with van der Waals surface area (Å²) in [6.45, 7) is 3.63.